The van der Waals surface area contributed by atoms with E-state index in [-0.39, 0.29) is 23.9 Å². The molecular weight excluding hydrogens is 332 g/mol. The molecule has 112 valence electrons. The Labute approximate surface area is 132 Å². The van der Waals surface area contributed by atoms with E-state index in [0.717, 1.165) is 30.2 Å². The van der Waals surface area contributed by atoms with Crippen molar-refractivity contribution < 1.29 is 9.59 Å². The lowest BCUT2D eigenvalue weighted by atomic mass is 10.1. The van der Waals surface area contributed by atoms with E-state index >= 15 is 0 Å². The summed E-state index contributed by atoms with van der Waals surface area (Å²) >= 11 is 3.48. The molecule has 2 aliphatic carbocycles. The molecule has 2 atom stereocenters. The van der Waals surface area contributed by atoms with Gasteiger partial charge in [-0.3, -0.25) is 9.59 Å². The molecule has 1 saturated carbocycles. The molecule has 0 radical (unpaired) electrons. The fraction of sp³-hybridized carbons (Fsp3) is 0.500. The van der Waals surface area contributed by atoms with Crippen LogP contribution in [0, 0.1) is 5.92 Å². The van der Waals surface area contributed by atoms with E-state index in [1.165, 1.54) is 18.1 Å². The number of benzene rings is 1. The molecule has 0 aromatic heterocycles. The predicted octanol–water partition coefficient (Wildman–Crippen LogP) is 2.47. The first kappa shape index (κ1) is 14.6. The Morgan fingerprint density at radius 3 is 2.71 bits per heavy atom. The molecular formula is C16H19BrN2O2. The Balaban J connectivity index is 1.69. The first-order chi connectivity index (χ1) is 10.0. The van der Waals surface area contributed by atoms with Crippen LogP contribution in [-0.4, -0.2) is 17.9 Å². The molecule has 4 nitrogen and oxygen atoms in total. The van der Waals surface area contributed by atoms with Gasteiger partial charge in [-0.1, -0.05) is 22.0 Å². The first-order valence-electron chi connectivity index (χ1n) is 7.40. The zero-order chi connectivity index (χ0) is 15.0. The minimum Gasteiger partial charge on any atom is -0.347 e. The van der Waals surface area contributed by atoms with E-state index in [2.05, 4.69) is 38.7 Å². The summed E-state index contributed by atoms with van der Waals surface area (Å²) in [4.78, 5) is 23.7. The standard InChI is InChI=1S/C16H19BrN2O2/c1-9(20)18-15(10-2-3-10)16(21)19-14-7-4-11-8-12(17)5-6-13(11)14/h5-6,8,10,14-15H,2-4,7H2,1H3,(H,18,20)(H,19,21)/t14-,15-/m1/s1. The van der Waals surface area contributed by atoms with Crippen LogP contribution in [0.1, 0.15) is 43.4 Å². The number of carbonyl (C=O) groups is 2. The van der Waals surface area contributed by atoms with Gasteiger partial charge in [0.1, 0.15) is 6.04 Å². The van der Waals surface area contributed by atoms with Gasteiger partial charge in [0.15, 0.2) is 0 Å². The number of carbonyl (C=O) groups excluding carboxylic acids is 2. The fourth-order valence-corrected chi connectivity index (χ4v) is 3.45. The van der Waals surface area contributed by atoms with Gasteiger partial charge in [0.05, 0.1) is 6.04 Å². The van der Waals surface area contributed by atoms with Gasteiger partial charge in [-0.2, -0.15) is 0 Å². The van der Waals surface area contributed by atoms with Crippen LogP contribution in [0.3, 0.4) is 0 Å². The molecule has 3 rings (SSSR count). The summed E-state index contributed by atoms with van der Waals surface area (Å²) in [5.74, 6) is 0.117. The molecule has 2 aliphatic rings. The Hall–Kier alpha value is -1.36. The Morgan fingerprint density at radius 1 is 1.29 bits per heavy atom. The van der Waals surface area contributed by atoms with E-state index < -0.39 is 0 Å². The summed E-state index contributed by atoms with van der Waals surface area (Å²) in [6.45, 7) is 1.46. The zero-order valence-electron chi connectivity index (χ0n) is 12.0. The van der Waals surface area contributed by atoms with Gasteiger partial charge >= 0.3 is 0 Å². The van der Waals surface area contributed by atoms with E-state index in [4.69, 9.17) is 0 Å². The minimum absolute atomic E-state index is 0.0477. The Bertz CT molecular complexity index is 584. The summed E-state index contributed by atoms with van der Waals surface area (Å²) < 4.78 is 1.07. The fourth-order valence-electron chi connectivity index (χ4n) is 3.04. The van der Waals surface area contributed by atoms with Gasteiger partial charge in [-0.05, 0) is 54.9 Å². The largest absolute Gasteiger partial charge is 0.347 e. The van der Waals surface area contributed by atoms with Gasteiger partial charge in [0.25, 0.3) is 0 Å². The monoisotopic (exact) mass is 350 g/mol. The second-order valence-electron chi connectivity index (χ2n) is 5.96. The maximum atomic E-state index is 12.5. The summed E-state index contributed by atoms with van der Waals surface area (Å²) in [6, 6.07) is 5.89. The topological polar surface area (TPSA) is 58.2 Å². The maximum Gasteiger partial charge on any atom is 0.243 e. The number of hydrogen-bond donors (Lipinski definition) is 2. The van der Waals surface area contributed by atoms with Gasteiger partial charge < -0.3 is 10.6 Å². The summed E-state index contributed by atoms with van der Waals surface area (Å²) in [6.07, 6.45) is 3.95. The molecule has 2 N–H and O–H groups in total. The molecule has 0 unspecified atom stereocenters. The molecule has 1 aromatic rings. The van der Waals surface area contributed by atoms with Crippen molar-refractivity contribution >= 4 is 27.7 Å². The van der Waals surface area contributed by atoms with E-state index in [1.807, 2.05) is 6.07 Å². The lowest BCUT2D eigenvalue weighted by Crippen LogP contribution is -2.48. The van der Waals surface area contributed by atoms with Crippen molar-refractivity contribution in [3.8, 4) is 0 Å². The second-order valence-corrected chi connectivity index (χ2v) is 6.87. The molecule has 0 aliphatic heterocycles. The number of fused-ring (bicyclic) bond motifs is 1. The van der Waals surface area contributed by atoms with Crippen LogP contribution in [-0.2, 0) is 16.0 Å². The van der Waals surface area contributed by atoms with Crippen LogP contribution in [0.2, 0.25) is 0 Å². The molecule has 1 fully saturated rings. The molecule has 0 heterocycles. The molecule has 0 saturated heterocycles. The van der Waals surface area contributed by atoms with Crippen LogP contribution in [0.5, 0.6) is 0 Å². The minimum atomic E-state index is -0.373. The van der Waals surface area contributed by atoms with Crippen LogP contribution in [0.15, 0.2) is 22.7 Å². The lowest BCUT2D eigenvalue weighted by molar-refractivity contribution is -0.129. The molecule has 5 heteroatoms. The highest BCUT2D eigenvalue weighted by Crippen LogP contribution is 2.35. The zero-order valence-corrected chi connectivity index (χ0v) is 13.6. The molecule has 21 heavy (non-hydrogen) atoms. The summed E-state index contributed by atoms with van der Waals surface area (Å²) in [5.41, 5.74) is 2.49. The normalized spacial score (nSPS) is 21.5. The van der Waals surface area contributed by atoms with Crippen LogP contribution in [0.4, 0.5) is 0 Å². The van der Waals surface area contributed by atoms with E-state index in [1.54, 1.807) is 0 Å². The summed E-state index contributed by atoms with van der Waals surface area (Å²) in [7, 11) is 0. The number of halogens is 1. The number of hydrogen-bond acceptors (Lipinski definition) is 2. The van der Waals surface area contributed by atoms with Crippen molar-refractivity contribution in [2.75, 3.05) is 0 Å². The molecule has 0 spiro atoms. The average Bonchev–Trinajstić information content (AvgIpc) is 3.19. The van der Waals surface area contributed by atoms with Crippen molar-refractivity contribution in [3.63, 3.8) is 0 Å². The molecule has 0 bridgehead atoms. The third-order valence-corrected chi connectivity index (χ3v) is 4.73. The van der Waals surface area contributed by atoms with E-state index in [0.29, 0.717) is 5.92 Å². The smallest absolute Gasteiger partial charge is 0.243 e. The van der Waals surface area contributed by atoms with Crippen molar-refractivity contribution in [2.24, 2.45) is 5.92 Å². The highest BCUT2D eigenvalue weighted by Gasteiger charge is 2.38. The molecule has 1 aromatic carbocycles. The van der Waals surface area contributed by atoms with Gasteiger partial charge in [-0.15, -0.1) is 0 Å². The van der Waals surface area contributed by atoms with Gasteiger partial charge in [0, 0.05) is 11.4 Å². The lowest BCUT2D eigenvalue weighted by Gasteiger charge is -2.21. The van der Waals surface area contributed by atoms with Gasteiger partial charge in [-0.25, -0.2) is 0 Å². The van der Waals surface area contributed by atoms with Crippen molar-refractivity contribution in [1.82, 2.24) is 10.6 Å². The highest BCUT2D eigenvalue weighted by atomic mass is 79.9. The van der Waals surface area contributed by atoms with Crippen molar-refractivity contribution in [2.45, 2.75) is 44.7 Å². The Morgan fingerprint density at radius 2 is 2.05 bits per heavy atom. The quantitative estimate of drug-likeness (QED) is 0.876. The molecule has 2 amide bonds. The number of amides is 2. The number of aryl methyl sites for hydroxylation is 1. The maximum absolute atomic E-state index is 12.5. The van der Waals surface area contributed by atoms with Crippen LogP contribution < -0.4 is 10.6 Å². The van der Waals surface area contributed by atoms with Gasteiger partial charge in [0.2, 0.25) is 11.8 Å². The van der Waals surface area contributed by atoms with Crippen LogP contribution >= 0.6 is 15.9 Å². The average molecular weight is 351 g/mol. The first-order valence-corrected chi connectivity index (χ1v) is 8.19. The number of rotatable bonds is 4. The number of nitrogens with one attached hydrogen (secondary N) is 2. The third-order valence-electron chi connectivity index (χ3n) is 4.23. The van der Waals surface area contributed by atoms with E-state index in [9.17, 15) is 9.59 Å². The highest BCUT2D eigenvalue weighted by molar-refractivity contribution is 9.10. The third kappa shape index (κ3) is 3.28. The SMILES string of the molecule is CC(=O)N[C@@H](C(=O)N[C@@H]1CCc2cc(Br)ccc21)C1CC1. The Kier molecular flexibility index (Phi) is 4.02. The summed E-state index contributed by atoms with van der Waals surface area (Å²) in [5, 5.41) is 5.90. The van der Waals surface area contributed by atoms with Crippen LogP contribution in [0.25, 0.3) is 0 Å². The van der Waals surface area contributed by atoms with Crippen molar-refractivity contribution in [1.29, 1.82) is 0 Å². The second kappa shape index (κ2) is 5.79. The van der Waals surface area contributed by atoms with Crippen molar-refractivity contribution in [3.05, 3.63) is 33.8 Å². The predicted molar refractivity (Wildman–Crippen MR) is 83.7 cm³/mol.